The summed E-state index contributed by atoms with van der Waals surface area (Å²) in [7, 11) is -3.08. The molecule has 0 spiro atoms. The van der Waals surface area contributed by atoms with E-state index < -0.39 is 10.0 Å². The highest BCUT2D eigenvalue weighted by molar-refractivity contribution is 7.89. The van der Waals surface area contributed by atoms with E-state index in [1.54, 1.807) is 11.2 Å². The third kappa shape index (κ3) is 3.12. The summed E-state index contributed by atoms with van der Waals surface area (Å²) in [5.41, 5.74) is 0. The van der Waals surface area contributed by atoms with E-state index in [4.69, 9.17) is 4.42 Å². The molecule has 0 saturated carbocycles. The van der Waals surface area contributed by atoms with Crippen molar-refractivity contribution in [1.82, 2.24) is 19.8 Å². The van der Waals surface area contributed by atoms with Crippen molar-refractivity contribution < 1.29 is 12.8 Å². The van der Waals surface area contributed by atoms with Gasteiger partial charge in [-0.25, -0.2) is 12.7 Å². The highest BCUT2D eigenvalue weighted by Gasteiger charge is 2.31. The minimum atomic E-state index is -3.08. The molecule has 3 rings (SSSR count). The third-order valence-electron chi connectivity index (χ3n) is 4.38. The fraction of sp³-hybridized carbons (Fsp3) is 0.846. The first kappa shape index (κ1) is 14.9. The van der Waals surface area contributed by atoms with E-state index >= 15 is 0 Å². The molecule has 0 radical (unpaired) electrons. The van der Waals surface area contributed by atoms with Crippen LogP contribution in [0.1, 0.15) is 56.3 Å². The Bertz CT molecular complexity index is 572. The number of nitrogens with one attached hydrogen (secondary N) is 1. The number of piperidine rings is 1. The van der Waals surface area contributed by atoms with Gasteiger partial charge in [0.15, 0.2) is 0 Å². The van der Waals surface area contributed by atoms with Crippen LogP contribution in [0.15, 0.2) is 4.42 Å². The molecule has 2 aliphatic rings. The van der Waals surface area contributed by atoms with E-state index in [2.05, 4.69) is 15.5 Å². The molecule has 1 aromatic heterocycles. The summed E-state index contributed by atoms with van der Waals surface area (Å²) in [6, 6.07) is 0.187. The first-order valence-corrected chi connectivity index (χ1v) is 9.25. The second kappa shape index (κ2) is 6.02. The molecule has 0 amide bonds. The molecule has 2 fully saturated rings. The molecule has 21 heavy (non-hydrogen) atoms. The van der Waals surface area contributed by atoms with Gasteiger partial charge in [0.2, 0.25) is 21.8 Å². The van der Waals surface area contributed by atoms with Crippen LogP contribution in [0, 0.1) is 0 Å². The Balaban J connectivity index is 1.62. The van der Waals surface area contributed by atoms with Gasteiger partial charge >= 0.3 is 0 Å². The van der Waals surface area contributed by atoms with Crippen molar-refractivity contribution in [3.05, 3.63) is 11.8 Å². The van der Waals surface area contributed by atoms with Crippen LogP contribution in [0.3, 0.4) is 0 Å². The molecule has 0 aliphatic carbocycles. The van der Waals surface area contributed by atoms with Gasteiger partial charge in [-0.15, -0.1) is 10.2 Å². The summed E-state index contributed by atoms with van der Waals surface area (Å²) >= 11 is 0. The molecule has 3 heterocycles. The van der Waals surface area contributed by atoms with Gasteiger partial charge in [-0.1, -0.05) is 0 Å². The number of rotatable bonds is 4. The average molecular weight is 314 g/mol. The molecular weight excluding hydrogens is 292 g/mol. The smallest absolute Gasteiger partial charge is 0.233 e. The zero-order valence-electron chi connectivity index (χ0n) is 12.3. The molecule has 0 bridgehead atoms. The van der Waals surface area contributed by atoms with Gasteiger partial charge in [0, 0.05) is 19.0 Å². The van der Waals surface area contributed by atoms with E-state index in [-0.39, 0.29) is 17.7 Å². The number of nitrogens with zero attached hydrogens (tertiary/aromatic N) is 3. The maximum atomic E-state index is 11.8. The summed E-state index contributed by atoms with van der Waals surface area (Å²) in [6.45, 7) is 3.76. The van der Waals surface area contributed by atoms with Crippen molar-refractivity contribution in [1.29, 1.82) is 0 Å². The molecule has 118 valence electrons. The van der Waals surface area contributed by atoms with Gasteiger partial charge in [-0.05, 0) is 39.2 Å². The SMILES string of the molecule is CCS(=O)(=O)N1CCC(c2nnc([C@@H]3CCCN3)o2)CC1. The summed E-state index contributed by atoms with van der Waals surface area (Å²) < 4.78 is 31.1. The monoisotopic (exact) mass is 314 g/mol. The van der Waals surface area contributed by atoms with E-state index in [9.17, 15) is 8.42 Å². The first-order chi connectivity index (χ1) is 10.1. The lowest BCUT2D eigenvalue weighted by atomic mass is 9.98. The maximum absolute atomic E-state index is 11.8. The fourth-order valence-corrected chi connectivity index (χ4v) is 4.14. The Morgan fingerprint density at radius 3 is 2.57 bits per heavy atom. The van der Waals surface area contributed by atoms with Crippen LogP contribution < -0.4 is 5.32 Å². The van der Waals surface area contributed by atoms with E-state index in [1.807, 2.05) is 0 Å². The van der Waals surface area contributed by atoms with Crippen LogP contribution in [0.4, 0.5) is 0 Å². The van der Waals surface area contributed by atoms with Crippen molar-refractivity contribution in [2.45, 2.75) is 44.6 Å². The molecule has 7 nitrogen and oxygen atoms in total. The average Bonchev–Trinajstić information content (AvgIpc) is 3.18. The van der Waals surface area contributed by atoms with E-state index in [0.29, 0.717) is 24.9 Å². The van der Waals surface area contributed by atoms with E-state index in [1.165, 1.54) is 0 Å². The Morgan fingerprint density at radius 2 is 1.95 bits per heavy atom. The lowest BCUT2D eigenvalue weighted by Gasteiger charge is -2.29. The van der Waals surface area contributed by atoms with Gasteiger partial charge in [-0.2, -0.15) is 0 Å². The van der Waals surface area contributed by atoms with Crippen LogP contribution in [0.5, 0.6) is 0 Å². The molecular formula is C13H22N4O3S. The van der Waals surface area contributed by atoms with Gasteiger partial charge in [0.05, 0.1) is 11.8 Å². The highest BCUT2D eigenvalue weighted by atomic mass is 32.2. The van der Waals surface area contributed by atoms with Gasteiger partial charge < -0.3 is 9.73 Å². The predicted molar refractivity (Wildman–Crippen MR) is 77.3 cm³/mol. The standard InChI is InChI=1S/C13H22N4O3S/c1-2-21(18,19)17-8-5-10(6-9-17)12-15-16-13(20-12)11-4-3-7-14-11/h10-11,14H,2-9H2,1H3/t11-/m0/s1. The second-order valence-electron chi connectivity index (χ2n) is 5.70. The Labute approximate surface area is 125 Å². The number of hydrogen-bond donors (Lipinski definition) is 1. The van der Waals surface area contributed by atoms with Crippen LogP contribution >= 0.6 is 0 Å². The van der Waals surface area contributed by atoms with Crippen LogP contribution in [0.2, 0.25) is 0 Å². The summed E-state index contributed by atoms with van der Waals surface area (Å²) in [5, 5.41) is 11.7. The minimum absolute atomic E-state index is 0.162. The fourth-order valence-electron chi connectivity index (χ4n) is 3.01. The second-order valence-corrected chi connectivity index (χ2v) is 7.96. The molecule has 0 unspecified atom stereocenters. The van der Waals surface area contributed by atoms with Crippen molar-refractivity contribution in [2.24, 2.45) is 0 Å². The predicted octanol–water partition coefficient (Wildman–Crippen LogP) is 1.02. The van der Waals surface area contributed by atoms with Crippen LogP contribution in [0.25, 0.3) is 0 Å². The maximum Gasteiger partial charge on any atom is 0.233 e. The normalized spacial score (nSPS) is 25.5. The first-order valence-electron chi connectivity index (χ1n) is 7.64. The number of sulfonamides is 1. The Hall–Kier alpha value is -0.990. The molecule has 1 atom stereocenters. The molecule has 2 aliphatic heterocycles. The Morgan fingerprint density at radius 1 is 1.24 bits per heavy atom. The molecule has 0 aromatic carbocycles. The van der Waals surface area contributed by atoms with Crippen molar-refractivity contribution in [2.75, 3.05) is 25.4 Å². The van der Waals surface area contributed by atoms with Crippen molar-refractivity contribution in [3.63, 3.8) is 0 Å². The topological polar surface area (TPSA) is 88.3 Å². The largest absolute Gasteiger partial charge is 0.423 e. The summed E-state index contributed by atoms with van der Waals surface area (Å²) in [4.78, 5) is 0. The van der Waals surface area contributed by atoms with Crippen molar-refractivity contribution in [3.8, 4) is 0 Å². The van der Waals surface area contributed by atoms with Crippen molar-refractivity contribution >= 4 is 10.0 Å². The van der Waals surface area contributed by atoms with Gasteiger partial charge in [-0.3, -0.25) is 0 Å². The molecule has 2 saturated heterocycles. The number of aromatic nitrogens is 2. The molecule has 1 N–H and O–H groups in total. The zero-order valence-corrected chi connectivity index (χ0v) is 13.1. The quantitative estimate of drug-likeness (QED) is 0.893. The third-order valence-corrected chi connectivity index (χ3v) is 6.26. The molecule has 1 aromatic rings. The summed E-state index contributed by atoms with van der Waals surface area (Å²) in [5.74, 6) is 1.67. The summed E-state index contributed by atoms with van der Waals surface area (Å²) in [6.07, 6.45) is 3.67. The lowest BCUT2D eigenvalue weighted by Crippen LogP contribution is -2.38. The zero-order chi connectivity index (χ0) is 14.9. The van der Waals surface area contributed by atoms with Crippen LogP contribution in [-0.4, -0.2) is 48.3 Å². The lowest BCUT2D eigenvalue weighted by molar-refractivity contribution is 0.282. The van der Waals surface area contributed by atoms with Gasteiger partial charge in [0.1, 0.15) is 0 Å². The highest BCUT2D eigenvalue weighted by Crippen LogP contribution is 2.30. The van der Waals surface area contributed by atoms with Gasteiger partial charge in [0.25, 0.3) is 0 Å². The Kier molecular flexibility index (Phi) is 4.28. The number of hydrogen-bond acceptors (Lipinski definition) is 6. The molecule has 8 heteroatoms. The minimum Gasteiger partial charge on any atom is -0.423 e. The van der Waals surface area contributed by atoms with Crippen LogP contribution in [-0.2, 0) is 10.0 Å². The van der Waals surface area contributed by atoms with E-state index in [0.717, 1.165) is 32.2 Å².